The molecule has 1 aliphatic carbocycles. The molecule has 1 fully saturated rings. The van der Waals surface area contributed by atoms with Crippen LogP contribution in [0.3, 0.4) is 0 Å². The third-order valence-corrected chi connectivity index (χ3v) is 3.81. The van der Waals surface area contributed by atoms with E-state index < -0.39 is 0 Å². The molecule has 0 radical (unpaired) electrons. The molecule has 0 amide bonds. The average molecular weight is 271 g/mol. The Morgan fingerprint density at radius 2 is 2.00 bits per heavy atom. The second-order valence-corrected chi connectivity index (χ2v) is 5.18. The summed E-state index contributed by atoms with van der Waals surface area (Å²) in [7, 11) is 0. The first-order valence-electron chi connectivity index (χ1n) is 7.39. The van der Waals surface area contributed by atoms with Gasteiger partial charge < -0.3 is 14.6 Å². The summed E-state index contributed by atoms with van der Waals surface area (Å²) in [6.07, 6.45) is 9.11. The van der Waals surface area contributed by atoms with E-state index in [1.54, 1.807) is 0 Å². The third kappa shape index (κ3) is 2.79. The second kappa shape index (κ2) is 5.99. The first-order valence-corrected chi connectivity index (χ1v) is 7.39. The van der Waals surface area contributed by atoms with Crippen LogP contribution in [-0.4, -0.2) is 16.2 Å². The van der Waals surface area contributed by atoms with E-state index in [1.807, 2.05) is 37.4 Å². The molecule has 1 saturated carbocycles. The molecule has 2 aromatic rings. The number of benzene rings is 1. The van der Waals surface area contributed by atoms with Crippen molar-refractivity contribution >= 4 is 11.6 Å². The summed E-state index contributed by atoms with van der Waals surface area (Å²) in [5, 5.41) is 3.40. The molecular weight excluding hydrogens is 250 g/mol. The number of hydrogen-bond donors (Lipinski definition) is 1. The van der Waals surface area contributed by atoms with Crippen LogP contribution >= 0.6 is 0 Å². The number of nitrogens with zero attached hydrogens (tertiary/aromatic N) is 2. The summed E-state index contributed by atoms with van der Waals surface area (Å²) in [6.45, 7) is 2.68. The van der Waals surface area contributed by atoms with Gasteiger partial charge in [0.1, 0.15) is 5.75 Å². The summed E-state index contributed by atoms with van der Waals surface area (Å²) in [6, 6.07) is 8.61. The highest BCUT2D eigenvalue weighted by Crippen LogP contribution is 2.32. The Labute approximate surface area is 119 Å². The topological polar surface area (TPSA) is 39.1 Å². The molecule has 0 saturated heterocycles. The van der Waals surface area contributed by atoms with Crippen LogP contribution in [-0.2, 0) is 0 Å². The van der Waals surface area contributed by atoms with Gasteiger partial charge in [0.15, 0.2) is 0 Å². The zero-order chi connectivity index (χ0) is 13.8. The first-order chi connectivity index (χ1) is 9.86. The summed E-state index contributed by atoms with van der Waals surface area (Å²) in [5.41, 5.74) is 1.04. The van der Waals surface area contributed by atoms with Crippen molar-refractivity contribution in [3.05, 3.63) is 36.7 Å². The minimum Gasteiger partial charge on any atom is -0.494 e. The molecule has 106 valence electrons. The van der Waals surface area contributed by atoms with Crippen LogP contribution in [0.4, 0.5) is 11.6 Å². The normalized spacial score (nSPS) is 15.4. The molecule has 20 heavy (non-hydrogen) atoms. The lowest BCUT2D eigenvalue weighted by Crippen LogP contribution is -2.07. The Morgan fingerprint density at radius 3 is 2.70 bits per heavy atom. The Morgan fingerprint density at radius 1 is 1.25 bits per heavy atom. The molecule has 3 rings (SSSR count). The van der Waals surface area contributed by atoms with E-state index in [-0.39, 0.29) is 0 Å². The predicted octanol–water partition coefficient (Wildman–Crippen LogP) is 4.14. The summed E-state index contributed by atoms with van der Waals surface area (Å²) in [5.74, 6) is 1.83. The number of ether oxygens (including phenoxy) is 1. The van der Waals surface area contributed by atoms with Crippen LogP contribution in [0.25, 0.3) is 0 Å². The van der Waals surface area contributed by atoms with Gasteiger partial charge in [0, 0.05) is 24.1 Å². The van der Waals surface area contributed by atoms with Gasteiger partial charge in [-0.1, -0.05) is 12.8 Å². The smallest absolute Gasteiger partial charge is 0.207 e. The van der Waals surface area contributed by atoms with E-state index in [9.17, 15) is 0 Å². The maximum atomic E-state index is 5.45. The number of rotatable bonds is 5. The van der Waals surface area contributed by atoms with E-state index in [4.69, 9.17) is 4.74 Å². The third-order valence-electron chi connectivity index (χ3n) is 3.81. The fraction of sp³-hybridized carbons (Fsp3) is 0.438. The van der Waals surface area contributed by atoms with E-state index >= 15 is 0 Å². The average Bonchev–Trinajstić information content (AvgIpc) is 3.12. The molecule has 4 nitrogen and oxygen atoms in total. The van der Waals surface area contributed by atoms with E-state index in [2.05, 4.69) is 21.1 Å². The molecule has 0 unspecified atom stereocenters. The minimum atomic E-state index is 0.600. The molecule has 4 heteroatoms. The lowest BCUT2D eigenvalue weighted by atomic mass is 10.2. The standard InChI is InChI=1S/C16H21N3O/c1-2-20-15-9-7-13(8-10-15)18-16-17-11-12-19(16)14-5-3-4-6-14/h7-12,14H,2-6H2,1H3,(H,17,18). The zero-order valence-corrected chi connectivity index (χ0v) is 11.9. The predicted molar refractivity (Wildman–Crippen MR) is 80.6 cm³/mol. The van der Waals surface area contributed by atoms with Gasteiger partial charge in [-0.3, -0.25) is 0 Å². The van der Waals surface area contributed by atoms with Gasteiger partial charge in [-0.2, -0.15) is 0 Å². The molecule has 1 aromatic heterocycles. The summed E-state index contributed by atoms with van der Waals surface area (Å²) < 4.78 is 7.72. The SMILES string of the molecule is CCOc1ccc(Nc2nccn2C2CCCC2)cc1. The van der Waals surface area contributed by atoms with Crippen LogP contribution < -0.4 is 10.1 Å². The van der Waals surface area contributed by atoms with Gasteiger partial charge in [-0.05, 0) is 44.0 Å². The van der Waals surface area contributed by atoms with Gasteiger partial charge in [-0.25, -0.2) is 4.98 Å². The molecule has 0 bridgehead atoms. The summed E-state index contributed by atoms with van der Waals surface area (Å²) >= 11 is 0. The zero-order valence-electron chi connectivity index (χ0n) is 11.9. The van der Waals surface area contributed by atoms with Crippen molar-refractivity contribution < 1.29 is 4.74 Å². The quantitative estimate of drug-likeness (QED) is 0.888. The monoisotopic (exact) mass is 271 g/mol. The van der Waals surface area contributed by atoms with Crippen LogP contribution in [0, 0.1) is 0 Å². The van der Waals surface area contributed by atoms with Crippen molar-refractivity contribution in [3.63, 3.8) is 0 Å². The van der Waals surface area contributed by atoms with Crippen molar-refractivity contribution in [1.82, 2.24) is 9.55 Å². The van der Waals surface area contributed by atoms with Gasteiger partial charge in [0.25, 0.3) is 0 Å². The van der Waals surface area contributed by atoms with Crippen molar-refractivity contribution in [3.8, 4) is 5.75 Å². The maximum Gasteiger partial charge on any atom is 0.207 e. The largest absolute Gasteiger partial charge is 0.494 e. The van der Waals surface area contributed by atoms with Crippen molar-refractivity contribution in [2.45, 2.75) is 38.6 Å². The molecule has 0 atom stereocenters. The molecule has 1 aromatic carbocycles. The highest BCUT2D eigenvalue weighted by molar-refractivity contribution is 5.55. The van der Waals surface area contributed by atoms with Crippen LogP contribution in [0.2, 0.25) is 0 Å². The Kier molecular flexibility index (Phi) is 3.90. The molecule has 0 aliphatic heterocycles. The second-order valence-electron chi connectivity index (χ2n) is 5.18. The number of imidazole rings is 1. The number of aromatic nitrogens is 2. The van der Waals surface area contributed by atoms with Crippen LogP contribution in [0.1, 0.15) is 38.6 Å². The molecule has 0 spiro atoms. The van der Waals surface area contributed by atoms with Crippen LogP contribution in [0.5, 0.6) is 5.75 Å². The van der Waals surface area contributed by atoms with Gasteiger partial charge >= 0.3 is 0 Å². The molecular formula is C16H21N3O. The van der Waals surface area contributed by atoms with Gasteiger partial charge in [-0.15, -0.1) is 0 Å². The first kappa shape index (κ1) is 13.0. The van der Waals surface area contributed by atoms with Crippen LogP contribution in [0.15, 0.2) is 36.7 Å². The Balaban J connectivity index is 1.72. The number of nitrogens with one attached hydrogen (secondary N) is 1. The van der Waals surface area contributed by atoms with Crippen molar-refractivity contribution in [2.75, 3.05) is 11.9 Å². The highest BCUT2D eigenvalue weighted by Gasteiger charge is 2.19. The van der Waals surface area contributed by atoms with Gasteiger partial charge in [0.05, 0.1) is 6.61 Å². The Hall–Kier alpha value is -1.97. The van der Waals surface area contributed by atoms with Crippen molar-refractivity contribution in [1.29, 1.82) is 0 Å². The van der Waals surface area contributed by atoms with E-state index in [1.165, 1.54) is 25.7 Å². The Bertz CT molecular complexity index is 541. The van der Waals surface area contributed by atoms with E-state index in [0.29, 0.717) is 12.6 Å². The van der Waals surface area contributed by atoms with E-state index in [0.717, 1.165) is 17.4 Å². The fourth-order valence-electron chi connectivity index (χ4n) is 2.82. The minimum absolute atomic E-state index is 0.600. The van der Waals surface area contributed by atoms with Gasteiger partial charge in [0.2, 0.25) is 5.95 Å². The van der Waals surface area contributed by atoms with Crippen molar-refractivity contribution in [2.24, 2.45) is 0 Å². The molecule has 1 aliphatic rings. The lowest BCUT2D eigenvalue weighted by molar-refractivity contribution is 0.340. The number of anilines is 2. The summed E-state index contributed by atoms with van der Waals surface area (Å²) in [4.78, 5) is 4.44. The lowest BCUT2D eigenvalue weighted by Gasteiger charge is -2.15. The highest BCUT2D eigenvalue weighted by atomic mass is 16.5. The maximum absolute atomic E-state index is 5.45. The molecule has 1 heterocycles. The number of hydrogen-bond acceptors (Lipinski definition) is 3. The molecule has 1 N–H and O–H groups in total. The fourth-order valence-corrected chi connectivity index (χ4v) is 2.82.